The van der Waals surface area contributed by atoms with Crippen LogP contribution in [0.2, 0.25) is 0 Å². The molecule has 0 radical (unpaired) electrons. The number of aryl methyl sites for hydroxylation is 3. The molecule has 1 N–H and O–H groups in total. The smallest absolute Gasteiger partial charge is 0.0767 e. The summed E-state index contributed by atoms with van der Waals surface area (Å²) in [5, 5.41) is 16.6. The summed E-state index contributed by atoms with van der Waals surface area (Å²) >= 11 is 0. The van der Waals surface area contributed by atoms with E-state index in [0.29, 0.717) is 0 Å². The number of hydrogen-bond donors (Lipinski definition) is 1. The first kappa shape index (κ1) is 15.6. The largest absolute Gasteiger partial charge is 0.305 e. The Morgan fingerprint density at radius 3 is 2.71 bits per heavy atom. The molecule has 0 amide bonds. The molecule has 2 aromatic heterocycles. The van der Waals surface area contributed by atoms with Crippen molar-refractivity contribution in [3.05, 3.63) is 41.0 Å². The van der Waals surface area contributed by atoms with Gasteiger partial charge in [-0.05, 0) is 45.4 Å². The quantitative estimate of drug-likeness (QED) is 0.850. The predicted molar refractivity (Wildman–Crippen MR) is 84.2 cm³/mol. The fourth-order valence-electron chi connectivity index (χ4n) is 2.57. The minimum atomic E-state index is 0.122. The molecule has 0 saturated heterocycles. The van der Waals surface area contributed by atoms with Gasteiger partial charge in [-0.3, -0.25) is 4.68 Å². The van der Waals surface area contributed by atoms with Crippen LogP contribution in [0.1, 0.15) is 55.9 Å². The van der Waals surface area contributed by atoms with Gasteiger partial charge in [0.15, 0.2) is 0 Å². The molecule has 21 heavy (non-hydrogen) atoms. The minimum Gasteiger partial charge on any atom is -0.305 e. The van der Waals surface area contributed by atoms with Crippen LogP contribution in [0.4, 0.5) is 0 Å². The Morgan fingerprint density at radius 2 is 2.05 bits per heavy atom. The van der Waals surface area contributed by atoms with Gasteiger partial charge in [-0.25, -0.2) is 0 Å². The molecule has 0 aliphatic rings. The Kier molecular flexibility index (Phi) is 5.44. The molecule has 5 heteroatoms. The summed E-state index contributed by atoms with van der Waals surface area (Å²) in [5.41, 5.74) is 4.41. The Labute approximate surface area is 126 Å². The van der Waals surface area contributed by atoms with Crippen LogP contribution in [0.25, 0.3) is 0 Å². The fourth-order valence-corrected chi connectivity index (χ4v) is 2.57. The van der Waals surface area contributed by atoms with E-state index >= 15 is 0 Å². The van der Waals surface area contributed by atoms with Crippen LogP contribution >= 0.6 is 0 Å². The Balaban J connectivity index is 2.47. The zero-order chi connectivity index (χ0) is 15.2. The molecule has 0 saturated carbocycles. The SMILES string of the molecule is CCCNC(c1cc(C)nnc1CC)c1ccnn1CC. The molecule has 5 nitrogen and oxygen atoms in total. The van der Waals surface area contributed by atoms with Crippen molar-refractivity contribution in [2.24, 2.45) is 0 Å². The van der Waals surface area contributed by atoms with Gasteiger partial charge in [0.1, 0.15) is 0 Å². The van der Waals surface area contributed by atoms with Crippen molar-refractivity contribution in [3.63, 3.8) is 0 Å². The van der Waals surface area contributed by atoms with Crippen LogP contribution < -0.4 is 5.32 Å². The monoisotopic (exact) mass is 287 g/mol. The van der Waals surface area contributed by atoms with Crippen molar-refractivity contribution in [1.82, 2.24) is 25.3 Å². The molecular weight excluding hydrogens is 262 g/mol. The first-order valence-corrected chi connectivity index (χ1v) is 7.79. The van der Waals surface area contributed by atoms with Gasteiger partial charge in [-0.2, -0.15) is 15.3 Å². The van der Waals surface area contributed by atoms with Crippen molar-refractivity contribution in [1.29, 1.82) is 0 Å². The van der Waals surface area contributed by atoms with Crippen molar-refractivity contribution in [2.75, 3.05) is 6.54 Å². The summed E-state index contributed by atoms with van der Waals surface area (Å²) < 4.78 is 2.04. The van der Waals surface area contributed by atoms with Crippen LogP contribution in [0.15, 0.2) is 18.3 Å². The summed E-state index contributed by atoms with van der Waals surface area (Å²) in [4.78, 5) is 0. The van der Waals surface area contributed by atoms with Gasteiger partial charge >= 0.3 is 0 Å². The van der Waals surface area contributed by atoms with E-state index in [2.05, 4.69) is 53.5 Å². The molecule has 0 aliphatic carbocycles. The number of aromatic nitrogens is 4. The van der Waals surface area contributed by atoms with Gasteiger partial charge in [-0.15, -0.1) is 0 Å². The number of rotatable bonds is 7. The maximum atomic E-state index is 4.41. The minimum absolute atomic E-state index is 0.122. The topological polar surface area (TPSA) is 55.6 Å². The van der Waals surface area contributed by atoms with Crippen molar-refractivity contribution < 1.29 is 0 Å². The Morgan fingerprint density at radius 1 is 1.24 bits per heavy atom. The highest BCUT2D eigenvalue weighted by atomic mass is 15.3. The molecule has 0 aromatic carbocycles. The van der Waals surface area contributed by atoms with Crippen LogP contribution in [-0.2, 0) is 13.0 Å². The van der Waals surface area contributed by atoms with Crippen molar-refractivity contribution in [2.45, 2.75) is 53.1 Å². The maximum absolute atomic E-state index is 4.41. The lowest BCUT2D eigenvalue weighted by Crippen LogP contribution is -2.27. The predicted octanol–water partition coefficient (Wildman–Crippen LogP) is 2.65. The third-order valence-corrected chi connectivity index (χ3v) is 3.62. The van der Waals surface area contributed by atoms with Gasteiger partial charge in [-0.1, -0.05) is 13.8 Å². The van der Waals surface area contributed by atoms with Gasteiger partial charge in [0.25, 0.3) is 0 Å². The summed E-state index contributed by atoms with van der Waals surface area (Å²) in [6.07, 6.45) is 3.84. The average Bonchev–Trinajstić information content (AvgIpc) is 2.96. The zero-order valence-corrected chi connectivity index (χ0v) is 13.4. The highest BCUT2D eigenvalue weighted by molar-refractivity contribution is 5.31. The molecule has 0 spiro atoms. The molecule has 0 aliphatic heterocycles. The van der Waals surface area contributed by atoms with Crippen LogP contribution in [0, 0.1) is 6.92 Å². The molecule has 1 atom stereocenters. The Hall–Kier alpha value is -1.75. The number of nitrogens with zero attached hydrogens (tertiary/aromatic N) is 4. The first-order chi connectivity index (χ1) is 10.2. The molecule has 114 valence electrons. The van der Waals surface area contributed by atoms with E-state index in [-0.39, 0.29) is 6.04 Å². The van der Waals surface area contributed by atoms with Gasteiger partial charge in [0.05, 0.1) is 23.1 Å². The van der Waals surface area contributed by atoms with Gasteiger partial charge in [0, 0.05) is 18.3 Å². The van der Waals surface area contributed by atoms with Gasteiger partial charge < -0.3 is 5.32 Å². The van der Waals surface area contributed by atoms with E-state index in [1.807, 2.05) is 17.8 Å². The highest BCUT2D eigenvalue weighted by Crippen LogP contribution is 2.25. The van der Waals surface area contributed by atoms with Crippen molar-refractivity contribution >= 4 is 0 Å². The summed E-state index contributed by atoms with van der Waals surface area (Å²) in [7, 11) is 0. The third kappa shape index (κ3) is 3.47. The lowest BCUT2D eigenvalue weighted by Gasteiger charge is -2.22. The molecule has 1 unspecified atom stereocenters. The third-order valence-electron chi connectivity index (χ3n) is 3.62. The molecule has 0 fully saturated rings. The second kappa shape index (κ2) is 7.31. The average molecular weight is 287 g/mol. The molecule has 2 aromatic rings. The maximum Gasteiger partial charge on any atom is 0.0767 e. The molecule has 2 rings (SSSR count). The lowest BCUT2D eigenvalue weighted by molar-refractivity contribution is 0.524. The molecule has 2 heterocycles. The number of nitrogens with one attached hydrogen (secondary N) is 1. The second-order valence-electron chi connectivity index (χ2n) is 5.20. The second-order valence-corrected chi connectivity index (χ2v) is 5.20. The van der Waals surface area contributed by atoms with E-state index in [0.717, 1.165) is 37.3 Å². The lowest BCUT2D eigenvalue weighted by atomic mass is 10.00. The number of hydrogen-bond acceptors (Lipinski definition) is 4. The zero-order valence-electron chi connectivity index (χ0n) is 13.4. The molecular formula is C16H25N5. The Bertz CT molecular complexity index is 576. The standard InChI is InChI=1S/C16H25N5/c1-5-9-17-16(15-8-10-18-21(15)7-3)13-11-12(4)19-20-14(13)6-2/h8,10-11,16-17H,5-7,9H2,1-4H3. The summed E-state index contributed by atoms with van der Waals surface area (Å²) in [5.74, 6) is 0. The van der Waals surface area contributed by atoms with E-state index < -0.39 is 0 Å². The summed E-state index contributed by atoms with van der Waals surface area (Å²) in [6, 6.07) is 4.36. The van der Waals surface area contributed by atoms with E-state index in [4.69, 9.17) is 0 Å². The van der Waals surface area contributed by atoms with E-state index in [1.54, 1.807) is 0 Å². The van der Waals surface area contributed by atoms with Crippen LogP contribution in [0.5, 0.6) is 0 Å². The van der Waals surface area contributed by atoms with Crippen molar-refractivity contribution in [3.8, 4) is 0 Å². The van der Waals surface area contributed by atoms with Gasteiger partial charge in [0.2, 0.25) is 0 Å². The van der Waals surface area contributed by atoms with E-state index in [9.17, 15) is 0 Å². The highest BCUT2D eigenvalue weighted by Gasteiger charge is 2.21. The van der Waals surface area contributed by atoms with E-state index in [1.165, 1.54) is 11.3 Å². The molecule has 0 bridgehead atoms. The first-order valence-electron chi connectivity index (χ1n) is 7.79. The van der Waals surface area contributed by atoms with Crippen LogP contribution in [-0.4, -0.2) is 26.5 Å². The van der Waals surface area contributed by atoms with Crippen LogP contribution in [0.3, 0.4) is 0 Å². The fraction of sp³-hybridized carbons (Fsp3) is 0.562. The normalized spacial score (nSPS) is 12.6. The summed E-state index contributed by atoms with van der Waals surface area (Å²) in [6.45, 7) is 10.2.